The minimum Gasteiger partial charge on any atom is -0.430 e. The SMILES string of the molecule is C[SiH]1N(c2ccccc2)[SiH](C)[SiH](C)N(c2ccccc2)[SiH]1C. The number of hydrogen-bond acceptors (Lipinski definition) is 2. The van der Waals surface area contributed by atoms with Crippen molar-refractivity contribution in [1.82, 2.24) is 0 Å². The molecule has 1 heterocycles. The highest BCUT2D eigenvalue weighted by Crippen LogP contribution is 2.28. The largest absolute Gasteiger partial charge is 0.430 e. The van der Waals surface area contributed by atoms with Gasteiger partial charge in [-0.2, -0.15) is 0 Å². The lowest BCUT2D eigenvalue weighted by Crippen LogP contribution is -2.75. The van der Waals surface area contributed by atoms with Gasteiger partial charge in [0.15, 0.2) is 0 Å². The van der Waals surface area contributed by atoms with Crippen molar-refractivity contribution in [3.05, 3.63) is 60.7 Å². The zero-order valence-electron chi connectivity index (χ0n) is 14.0. The van der Waals surface area contributed by atoms with Crippen molar-refractivity contribution in [2.75, 3.05) is 8.46 Å². The zero-order valence-corrected chi connectivity index (χ0v) is 18.6. The number of nitrogens with zero attached hydrogens (tertiary/aromatic N) is 2. The maximum Gasteiger partial charge on any atom is 0.137 e. The second-order valence-corrected chi connectivity index (χ2v) is 27.4. The van der Waals surface area contributed by atoms with Gasteiger partial charge in [-0.3, -0.25) is 0 Å². The van der Waals surface area contributed by atoms with Crippen molar-refractivity contribution < 1.29 is 0 Å². The van der Waals surface area contributed by atoms with Gasteiger partial charge in [-0.25, -0.2) is 0 Å². The molecule has 3 rings (SSSR count). The highest BCUT2D eigenvalue weighted by molar-refractivity contribution is 7.44. The maximum absolute atomic E-state index is 2.98. The smallest absolute Gasteiger partial charge is 0.137 e. The molecule has 6 heteroatoms. The lowest BCUT2D eigenvalue weighted by Gasteiger charge is -2.53. The van der Waals surface area contributed by atoms with Crippen LogP contribution in [0.4, 0.5) is 11.4 Å². The highest BCUT2D eigenvalue weighted by atomic mass is 29.3. The molecule has 22 heavy (non-hydrogen) atoms. The van der Waals surface area contributed by atoms with Crippen molar-refractivity contribution in [3.8, 4) is 0 Å². The summed E-state index contributed by atoms with van der Waals surface area (Å²) in [6, 6.07) is 22.5. The van der Waals surface area contributed by atoms with E-state index in [0.29, 0.717) is 0 Å². The van der Waals surface area contributed by atoms with Crippen LogP contribution in [0.15, 0.2) is 60.7 Å². The van der Waals surface area contributed by atoms with Gasteiger partial charge in [0.1, 0.15) is 33.9 Å². The van der Waals surface area contributed by atoms with Gasteiger partial charge in [-0.1, -0.05) is 62.6 Å². The van der Waals surface area contributed by atoms with Crippen molar-refractivity contribution in [2.45, 2.75) is 26.2 Å². The minimum absolute atomic E-state index is 0.860. The molecule has 2 aromatic carbocycles. The number of para-hydroxylation sites is 2. The predicted octanol–water partition coefficient (Wildman–Crippen LogP) is 2.58. The highest BCUT2D eigenvalue weighted by Gasteiger charge is 2.43. The summed E-state index contributed by atoms with van der Waals surface area (Å²) in [6.07, 6.45) is 0. The molecule has 0 radical (unpaired) electrons. The van der Waals surface area contributed by atoms with Crippen LogP contribution in [0, 0.1) is 0 Å². The Labute approximate surface area is 140 Å². The van der Waals surface area contributed by atoms with Gasteiger partial charge in [-0.15, -0.1) is 0 Å². The maximum atomic E-state index is 2.98. The van der Waals surface area contributed by atoms with Crippen LogP contribution < -0.4 is 8.46 Å². The standard InChI is InChI=1S/C16H26N2Si4/c1-19-17(15-11-7-5-8-12-15)21(3)22(4)18(20(19)2)16-13-9-6-10-14-16/h5-14,19-22H,1-4H3. The van der Waals surface area contributed by atoms with E-state index in [2.05, 4.69) is 95.3 Å². The van der Waals surface area contributed by atoms with Gasteiger partial charge in [0.2, 0.25) is 0 Å². The summed E-state index contributed by atoms with van der Waals surface area (Å²) >= 11 is 0. The van der Waals surface area contributed by atoms with Gasteiger partial charge in [-0.05, 0) is 24.3 Å². The number of benzene rings is 2. The summed E-state index contributed by atoms with van der Waals surface area (Å²) in [5, 5.41) is 0. The first kappa shape index (κ1) is 15.8. The van der Waals surface area contributed by atoms with Crippen molar-refractivity contribution in [3.63, 3.8) is 0 Å². The van der Waals surface area contributed by atoms with Crippen molar-refractivity contribution >= 4 is 45.3 Å². The average molecular weight is 359 g/mol. The fourth-order valence-electron chi connectivity index (χ4n) is 3.81. The van der Waals surface area contributed by atoms with Gasteiger partial charge >= 0.3 is 0 Å². The molecule has 4 atom stereocenters. The van der Waals surface area contributed by atoms with Crippen molar-refractivity contribution in [1.29, 1.82) is 0 Å². The van der Waals surface area contributed by atoms with Crippen LogP contribution >= 0.6 is 0 Å². The van der Waals surface area contributed by atoms with E-state index in [-0.39, 0.29) is 0 Å². The van der Waals surface area contributed by atoms with Crippen LogP contribution in [0.5, 0.6) is 0 Å². The Morgan fingerprint density at radius 1 is 0.500 bits per heavy atom. The Hall–Kier alpha value is -1.09. The fourth-order valence-corrected chi connectivity index (χ4v) is 44.1. The molecule has 1 saturated heterocycles. The molecule has 0 N–H and O–H groups in total. The van der Waals surface area contributed by atoms with E-state index >= 15 is 0 Å². The predicted molar refractivity (Wildman–Crippen MR) is 110 cm³/mol. The van der Waals surface area contributed by atoms with E-state index in [0.717, 1.165) is 0 Å². The van der Waals surface area contributed by atoms with E-state index in [9.17, 15) is 0 Å². The van der Waals surface area contributed by atoms with Gasteiger partial charge < -0.3 is 8.46 Å². The quantitative estimate of drug-likeness (QED) is 0.761. The Kier molecular flexibility index (Phi) is 4.72. The normalized spacial score (nSPS) is 28.7. The average Bonchev–Trinajstić information content (AvgIpc) is 2.55. The monoisotopic (exact) mass is 358 g/mol. The van der Waals surface area contributed by atoms with Crippen LogP contribution in [-0.4, -0.2) is 33.9 Å². The Morgan fingerprint density at radius 2 is 0.773 bits per heavy atom. The van der Waals surface area contributed by atoms with Crippen LogP contribution in [0.1, 0.15) is 0 Å². The molecule has 4 unspecified atom stereocenters. The van der Waals surface area contributed by atoms with Crippen molar-refractivity contribution in [2.24, 2.45) is 0 Å². The molecular formula is C16H26N2Si4. The van der Waals surface area contributed by atoms with Crippen LogP contribution in [0.3, 0.4) is 0 Å². The van der Waals surface area contributed by atoms with E-state index in [4.69, 9.17) is 0 Å². The molecule has 2 aromatic rings. The van der Waals surface area contributed by atoms with Gasteiger partial charge in [0.05, 0.1) is 0 Å². The first-order chi connectivity index (χ1) is 10.6. The molecule has 0 aliphatic carbocycles. The summed E-state index contributed by atoms with van der Waals surface area (Å²) in [6.45, 7) is 10.4. The first-order valence-electron chi connectivity index (χ1n) is 8.28. The molecule has 0 spiro atoms. The summed E-state index contributed by atoms with van der Waals surface area (Å²) < 4.78 is 5.96. The van der Waals surface area contributed by atoms with E-state index in [1.54, 1.807) is 0 Å². The summed E-state index contributed by atoms with van der Waals surface area (Å²) in [4.78, 5) is 0. The topological polar surface area (TPSA) is 6.48 Å². The molecule has 0 saturated carbocycles. The summed E-state index contributed by atoms with van der Waals surface area (Å²) in [5.74, 6) is 0. The van der Waals surface area contributed by atoms with E-state index in [1.807, 2.05) is 0 Å². The Morgan fingerprint density at radius 3 is 1.05 bits per heavy atom. The summed E-state index contributed by atoms with van der Waals surface area (Å²) in [5.41, 5.74) is 3.04. The number of hydrogen-bond donors (Lipinski definition) is 0. The zero-order chi connectivity index (χ0) is 15.7. The molecule has 1 aliphatic rings. The van der Waals surface area contributed by atoms with Gasteiger partial charge in [0, 0.05) is 11.4 Å². The lowest BCUT2D eigenvalue weighted by atomic mass is 10.3. The second-order valence-electron chi connectivity index (χ2n) is 6.45. The Balaban J connectivity index is 1.95. The number of anilines is 2. The third-order valence-electron chi connectivity index (χ3n) is 5.26. The van der Waals surface area contributed by atoms with Gasteiger partial charge in [0.25, 0.3) is 0 Å². The third kappa shape index (κ3) is 2.76. The molecule has 2 nitrogen and oxygen atoms in total. The van der Waals surface area contributed by atoms with E-state index in [1.165, 1.54) is 11.4 Å². The fraction of sp³-hybridized carbons (Fsp3) is 0.250. The first-order valence-corrected chi connectivity index (χ1v) is 20.3. The molecule has 1 fully saturated rings. The molecule has 0 aromatic heterocycles. The Bertz CT molecular complexity index is 539. The summed E-state index contributed by atoms with van der Waals surface area (Å²) in [7, 11) is -3.44. The second kappa shape index (κ2) is 6.57. The molecule has 0 amide bonds. The minimum atomic E-state index is -0.860. The van der Waals surface area contributed by atoms with E-state index < -0.39 is 33.9 Å². The lowest BCUT2D eigenvalue weighted by molar-refractivity contribution is 1.43. The molecular weight excluding hydrogens is 333 g/mol. The van der Waals surface area contributed by atoms with Crippen LogP contribution in [-0.2, 0) is 0 Å². The molecule has 116 valence electrons. The molecule has 0 bridgehead atoms. The molecule has 1 aliphatic heterocycles. The number of rotatable bonds is 2. The van der Waals surface area contributed by atoms with Crippen LogP contribution in [0.2, 0.25) is 26.2 Å². The van der Waals surface area contributed by atoms with Crippen LogP contribution in [0.25, 0.3) is 0 Å². The third-order valence-corrected chi connectivity index (χ3v) is 34.8.